The topological polar surface area (TPSA) is 85.3 Å². The summed E-state index contributed by atoms with van der Waals surface area (Å²) in [5.74, 6) is -1.74. The van der Waals surface area contributed by atoms with E-state index in [1.54, 1.807) is 26.0 Å². The third-order valence-electron chi connectivity index (χ3n) is 4.42. The van der Waals surface area contributed by atoms with Crippen molar-refractivity contribution in [3.05, 3.63) is 77.1 Å². The van der Waals surface area contributed by atoms with Crippen LogP contribution in [-0.4, -0.2) is 26.6 Å². The molecule has 0 unspecified atom stereocenters. The third kappa shape index (κ3) is 4.15. The van der Waals surface area contributed by atoms with E-state index in [1.165, 1.54) is 47.4 Å². The van der Waals surface area contributed by atoms with E-state index in [9.17, 15) is 13.6 Å². The van der Waals surface area contributed by atoms with Gasteiger partial charge in [0.1, 0.15) is 22.9 Å². The number of nitrogens with one attached hydrogen (secondary N) is 1. The number of carbonyl (C=O) groups excluding carboxylic acids is 1. The fourth-order valence-electron chi connectivity index (χ4n) is 3.01. The Morgan fingerprint density at radius 1 is 1.19 bits per heavy atom. The van der Waals surface area contributed by atoms with E-state index in [-0.39, 0.29) is 27.6 Å². The monoisotopic (exact) mass is 455 g/mol. The second-order valence-electron chi connectivity index (χ2n) is 6.99. The molecule has 0 saturated carbocycles. The summed E-state index contributed by atoms with van der Waals surface area (Å²) in [6.45, 7) is 3.40. The van der Waals surface area contributed by atoms with E-state index in [2.05, 4.69) is 20.8 Å². The predicted octanol–water partition coefficient (Wildman–Crippen LogP) is 5.25. The van der Waals surface area contributed by atoms with Gasteiger partial charge in [0, 0.05) is 11.9 Å². The Bertz CT molecular complexity index is 1320. The molecule has 4 rings (SSSR count). The highest BCUT2D eigenvalue weighted by Crippen LogP contribution is 2.37. The van der Waals surface area contributed by atoms with Gasteiger partial charge in [-0.1, -0.05) is 28.9 Å². The summed E-state index contributed by atoms with van der Waals surface area (Å²) in [5.41, 5.74) is 3.59. The number of aromatic nitrogens is 3. The van der Waals surface area contributed by atoms with E-state index >= 15 is 0 Å². The molecule has 1 N–H and O–H groups in total. The second-order valence-corrected chi connectivity index (χ2v) is 7.39. The first-order valence-electron chi connectivity index (χ1n) is 9.41. The van der Waals surface area contributed by atoms with Crippen LogP contribution >= 0.6 is 11.6 Å². The Morgan fingerprint density at radius 2 is 1.97 bits per heavy atom. The highest BCUT2D eigenvalue weighted by atomic mass is 35.5. The average Bonchev–Trinajstić information content (AvgIpc) is 3.39. The van der Waals surface area contributed by atoms with E-state index in [0.29, 0.717) is 17.0 Å². The van der Waals surface area contributed by atoms with Crippen molar-refractivity contribution in [2.45, 2.75) is 13.8 Å². The lowest BCUT2D eigenvalue weighted by Crippen LogP contribution is -2.19. The number of hydrogen-bond donors (Lipinski definition) is 1. The minimum Gasteiger partial charge on any atom is -0.355 e. The molecule has 162 valence electrons. The van der Waals surface area contributed by atoms with Crippen molar-refractivity contribution >= 4 is 23.2 Å². The predicted molar refractivity (Wildman–Crippen MR) is 116 cm³/mol. The maximum atomic E-state index is 14.6. The Hall–Kier alpha value is -3.85. The minimum atomic E-state index is -0.671. The summed E-state index contributed by atoms with van der Waals surface area (Å²) in [6, 6.07) is 9.94. The first-order valence-corrected chi connectivity index (χ1v) is 9.79. The van der Waals surface area contributed by atoms with Crippen molar-refractivity contribution in [2.75, 3.05) is 0 Å². The molecule has 0 spiro atoms. The van der Waals surface area contributed by atoms with Crippen LogP contribution in [0.2, 0.25) is 5.02 Å². The number of amides is 1. The van der Waals surface area contributed by atoms with Crippen LogP contribution in [0.15, 0.2) is 64.5 Å². The van der Waals surface area contributed by atoms with Crippen LogP contribution in [0.4, 0.5) is 8.78 Å². The van der Waals surface area contributed by atoms with E-state index < -0.39 is 17.5 Å². The van der Waals surface area contributed by atoms with Crippen molar-refractivity contribution in [3.8, 4) is 28.3 Å². The molecule has 32 heavy (non-hydrogen) atoms. The van der Waals surface area contributed by atoms with Crippen molar-refractivity contribution in [1.29, 1.82) is 0 Å². The molecule has 2 aromatic heterocycles. The van der Waals surface area contributed by atoms with Crippen LogP contribution in [0.3, 0.4) is 0 Å². The fraction of sp³-hybridized carbons (Fsp3) is 0.0909. The number of hydrazone groups is 1. The van der Waals surface area contributed by atoms with Crippen LogP contribution in [-0.2, 0) is 0 Å². The molecule has 7 nitrogen and oxygen atoms in total. The largest absolute Gasteiger partial charge is 0.355 e. The Labute approximate surface area is 186 Å². The van der Waals surface area contributed by atoms with E-state index in [4.69, 9.17) is 16.1 Å². The van der Waals surface area contributed by atoms with Crippen LogP contribution in [0.25, 0.3) is 28.3 Å². The van der Waals surface area contributed by atoms with Crippen molar-refractivity contribution in [2.24, 2.45) is 5.10 Å². The van der Waals surface area contributed by atoms with Gasteiger partial charge in [-0.05, 0) is 44.2 Å². The van der Waals surface area contributed by atoms with Crippen molar-refractivity contribution < 1.29 is 18.1 Å². The summed E-state index contributed by atoms with van der Waals surface area (Å²) in [5, 5.41) is 12.1. The first-order chi connectivity index (χ1) is 15.3. The summed E-state index contributed by atoms with van der Waals surface area (Å²) in [7, 11) is 0. The summed E-state index contributed by atoms with van der Waals surface area (Å²) in [6.07, 6.45) is 2.95. The minimum absolute atomic E-state index is 0.0310. The normalized spacial score (nSPS) is 10.8. The number of halogens is 3. The smallest absolute Gasteiger partial charge is 0.277 e. The number of carbonyl (C=O) groups is 1. The molecule has 0 aliphatic rings. The Balaban J connectivity index is 1.85. The standard InChI is InChI=1S/C22H16ClF2N5O2/c1-12(2)27-28-22(31)19-20(18-16(23)7-4-8-17(18)25)29-32-21(19)13-10-26-30(11-13)15-6-3-5-14(24)9-15/h3-11H,1-2H3,(H,28,31). The third-order valence-corrected chi connectivity index (χ3v) is 4.73. The highest BCUT2D eigenvalue weighted by Gasteiger charge is 2.29. The molecule has 0 bridgehead atoms. The first kappa shape index (κ1) is 21.4. The van der Waals surface area contributed by atoms with Crippen molar-refractivity contribution in [3.63, 3.8) is 0 Å². The molecule has 0 atom stereocenters. The fourth-order valence-corrected chi connectivity index (χ4v) is 3.26. The zero-order valence-corrected chi connectivity index (χ0v) is 17.7. The molecular formula is C22H16ClF2N5O2. The zero-order chi connectivity index (χ0) is 22.8. The molecular weight excluding hydrogens is 440 g/mol. The Kier molecular flexibility index (Phi) is 5.83. The summed E-state index contributed by atoms with van der Waals surface area (Å²) >= 11 is 6.19. The Morgan fingerprint density at radius 3 is 2.69 bits per heavy atom. The molecule has 0 fully saturated rings. The van der Waals surface area contributed by atoms with Gasteiger partial charge in [-0.15, -0.1) is 0 Å². The SMILES string of the molecule is CC(C)=NNC(=O)c1c(-c2c(F)cccc2Cl)noc1-c1cnn(-c2cccc(F)c2)c1. The van der Waals surface area contributed by atoms with Gasteiger partial charge in [0.05, 0.1) is 28.0 Å². The lowest BCUT2D eigenvalue weighted by molar-refractivity contribution is 0.0955. The van der Waals surface area contributed by atoms with Gasteiger partial charge >= 0.3 is 0 Å². The molecule has 0 aliphatic heterocycles. The van der Waals surface area contributed by atoms with Gasteiger partial charge in [0.25, 0.3) is 5.91 Å². The van der Waals surface area contributed by atoms with E-state index in [1.807, 2.05) is 0 Å². The molecule has 0 radical (unpaired) electrons. The summed E-state index contributed by atoms with van der Waals surface area (Å²) < 4.78 is 35.0. The zero-order valence-electron chi connectivity index (χ0n) is 16.9. The van der Waals surface area contributed by atoms with Crippen LogP contribution in [0, 0.1) is 11.6 Å². The molecule has 2 aromatic carbocycles. The lowest BCUT2D eigenvalue weighted by atomic mass is 10.0. The maximum Gasteiger partial charge on any atom is 0.277 e. The van der Waals surface area contributed by atoms with Crippen LogP contribution < -0.4 is 5.43 Å². The van der Waals surface area contributed by atoms with Gasteiger partial charge in [-0.25, -0.2) is 18.9 Å². The molecule has 1 amide bonds. The quantitative estimate of drug-likeness (QED) is 0.329. The molecule has 0 saturated heterocycles. The molecule has 10 heteroatoms. The van der Waals surface area contributed by atoms with Gasteiger partial charge in [0.15, 0.2) is 5.76 Å². The molecule has 0 aliphatic carbocycles. The number of benzene rings is 2. The van der Waals surface area contributed by atoms with Gasteiger partial charge in [0.2, 0.25) is 0 Å². The van der Waals surface area contributed by atoms with Gasteiger partial charge in [-0.2, -0.15) is 10.2 Å². The summed E-state index contributed by atoms with van der Waals surface area (Å²) in [4.78, 5) is 13.0. The average molecular weight is 456 g/mol. The number of nitrogens with zero attached hydrogens (tertiary/aromatic N) is 4. The maximum absolute atomic E-state index is 14.6. The number of rotatable bonds is 5. The van der Waals surface area contributed by atoms with Gasteiger partial charge < -0.3 is 4.52 Å². The lowest BCUT2D eigenvalue weighted by Gasteiger charge is -2.06. The van der Waals surface area contributed by atoms with Crippen molar-refractivity contribution in [1.82, 2.24) is 20.4 Å². The van der Waals surface area contributed by atoms with Gasteiger partial charge in [-0.3, -0.25) is 4.79 Å². The molecule has 4 aromatic rings. The van der Waals surface area contributed by atoms with Crippen LogP contribution in [0.5, 0.6) is 0 Å². The highest BCUT2D eigenvalue weighted by molar-refractivity contribution is 6.33. The van der Waals surface area contributed by atoms with Crippen LogP contribution in [0.1, 0.15) is 24.2 Å². The van der Waals surface area contributed by atoms with E-state index in [0.717, 1.165) is 0 Å². The molecule has 2 heterocycles. The number of hydrogen-bond acceptors (Lipinski definition) is 5. The second kappa shape index (κ2) is 8.72.